The molecule has 0 radical (unpaired) electrons. The molecule has 0 aliphatic carbocycles. The molecule has 0 unspecified atom stereocenters. The van der Waals surface area contributed by atoms with Crippen LogP contribution in [-0.2, 0) is 6.18 Å². The smallest absolute Gasteiger partial charge is 0.387 e. The van der Waals surface area contributed by atoms with Crippen LogP contribution in [0, 0.1) is 11.2 Å². The number of hydrogen-bond acceptors (Lipinski definition) is 1. The lowest BCUT2D eigenvalue weighted by Crippen LogP contribution is -2.28. The minimum atomic E-state index is -4.74. The minimum Gasteiger partial charge on any atom is -0.387 e. The number of halogens is 4. The Balaban J connectivity index is 3.23. The molecule has 0 aliphatic rings. The Morgan fingerprint density at radius 1 is 1.17 bits per heavy atom. The average molecular weight is 262 g/mol. The van der Waals surface area contributed by atoms with Gasteiger partial charge in [0, 0.05) is 5.41 Å². The normalized spacial score (nSPS) is 13.8. The SMILES string of the molecule is CC(C)(C)C(N)=Nc1ccc(F)c(C(F)(F)F)c1. The minimum absolute atomic E-state index is 0.0175. The second-order valence-corrected chi connectivity index (χ2v) is 4.91. The van der Waals surface area contributed by atoms with Crippen molar-refractivity contribution < 1.29 is 17.6 Å². The molecule has 18 heavy (non-hydrogen) atoms. The Kier molecular flexibility index (Phi) is 3.69. The van der Waals surface area contributed by atoms with Crippen molar-refractivity contribution in [2.45, 2.75) is 26.9 Å². The first-order chi connectivity index (χ1) is 8.01. The summed E-state index contributed by atoms with van der Waals surface area (Å²) >= 11 is 0. The largest absolute Gasteiger partial charge is 0.419 e. The molecular weight excluding hydrogens is 248 g/mol. The molecule has 1 aromatic carbocycles. The average Bonchev–Trinajstić information content (AvgIpc) is 2.17. The Morgan fingerprint density at radius 2 is 1.72 bits per heavy atom. The van der Waals surface area contributed by atoms with Gasteiger partial charge in [-0.25, -0.2) is 9.38 Å². The molecule has 6 heteroatoms. The van der Waals surface area contributed by atoms with Gasteiger partial charge in [-0.05, 0) is 18.2 Å². The highest BCUT2D eigenvalue weighted by Gasteiger charge is 2.34. The first kappa shape index (κ1) is 14.5. The van der Waals surface area contributed by atoms with E-state index in [0.717, 1.165) is 12.1 Å². The highest BCUT2D eigenvalue weighted by Crippen LogP contribution is 2.33. The third kappa shape index (κ3) is 3.45. The van der Waals surface area contributed by atoms with Crippen LogP contribution in [0.2, 0.25) is 0 Å². The molecule has 0 aliphatic heterocycles. The maximum atomic E-state index is 13.0. The van der Waals surface area contributed by atoms with E-state index in [1.165, 1.54) is 0 Å². The number of nitrogens with two attached hydrogens (primary N) is 1. The van der Waals surface area contributed by atoms with Gasteiger partial charge in [-0.15, -0.1) is 0 Å². The van der Waals surface area contributed by atoms with Crippen LogP contribution in [0.1, 0.15) is 26.3 Å². The van der Waals surface area contributed by atoms with Gasteiger partial charge in [0.05, 0.1) is 11.3 Å². The Morgan fingerprint density at radius 3 is 2.17 bits per heavy atom. The lowest BCUT2D eigenvalue weighted by molar-refractivity contribution is -0.139. The van der Waals surface area contributed by atoms with Gasteiger partial charge in [0.15, 0.2) is 0 Å². The molecule has 0 saturated carbocycles. The van der Waals surface area contributed by atoms with E-state index < -0.39 is 23.0 Å². The molecule has 2 nitrogen and oxygen atoms in total. The fourth-order valence-corrected chi connectivity index (χ4v) is 1.11. The van der Waals surface area contributed by atoms with E-state index >= 15 is 0 Å². The van der Waals surface area contributed by atoms with Crippen LogP contribution in [0.4, 0.5) is 23.2 Å². The van der Waals surface area contributed by atoms with Crippen LogP contribution in [0.25, 0.3) is 0 Å². The fourth-order valence-electron chi connectivity index (χ4n) is 1.11. The lowest BCUT2D eigenvalue weighted by Gasteiger charge is -2.17. The monoisotopic (exact) mass is 262 g/mol. The molecule has 0 atom stereocenters. The van der Waals surface area contributed by atoms with Crippen molar-refractivity contribution in [2.75, 3.05) is 0 Å². The zero-order valence-corrected chi connectivity index (χ0v) is 10.3. The molecule has 1 aromatic rings. The first-order valence-corrected chi connectivity index (χ1v) is 5.23. The molecular formula is C12H14F4N2. The number of hydrogen-bond donors (Lipinski definition) is 1. The quantitative estimate of drug-likeness (QED) is 0.465. The number of benzene rings is 1. The van der Waals surface area contributed by atoms with Crippen molar-refractivity contribution in [2.24, 2.45) is 16.1 Å². The number of nitrogens with zero attached hydrogens (tertiary/aromatic N) is 1. The summed E-state index contributed by atoms with van der Waals surface area (Å²) in [4.78, 5) is 3.87. The van der Waals surface area contributed by atoms with Gasteiger partial charge in [0.1, 0.15) is 11.7 Å². The zero-order valence-electron chi connectivity index (χ0n) is 10.3. The molecule has 100 valence electrons. The number of amidine groups is 1. The molecule has 0 heterocycles. The van der Waals surface area contributed by atoms with E-state index in [4.69, 9.17) is 5.73 Å². The number of alkyl halides is 3. The van der Waals surface area contributed by atoms with Crippen molar-refractivity contribution in [1.82, 2.24) is 0 Å². The Labute approximate surface area is 103 Å². The summed E-state index contributed by atoms with van der Waals surface area (Å²) < 4.78 is 50.5. The van der Waals surface area contributed by atoms with Gasteiger partial charge in [0.25, 0.3) is 0 Å². The van der Waals surface area contributed by atoms with Gasteiger partial charge in [-0.1, -0.05) is 20.8 Å². The summed E-state index contributed by atoms with van der Waals surface area (Å²) in [5, 5.41) is 0. The predicted molar refractivity (Wildman–Crippen MR) is 62.1 cm³/mol. The molecule has 0 aromatic heterocycles. The maximum absolute atomic E-state index is 13.0. The van der Waals surface area contributed by atoms with Crippen molar-refractivity contribution in [1.29, 1.82) is 0 Å². The Bertz CT molecular complexity index is 470. The molecule has 0 fully saturated rings. The summed E-state index contributed by atoms with van der Waals surface area (Å²) in [5.41, 5.74) is 3.83. The predicted octanol–water partition coefficient (Wildman–Crippen LogP) is 3.88. The Hall–Kier alpha value is -1.59. The summed E-state index contributed by atoms with van der Waals surface area (Å²) in [6.45, 7) is 5.33. The van der Waals surface area contributed by atoms with Crippen LogP contribution < -0.4 is 5.73 Å². The summed E-state index contributed by atoms with van der Waals surface area (Å²) in [7, 11) is 0. The highest BCUT2D eigenvalue weighted by molar-refractivity contribution is 5.87. The van der Waals surface area contributed by atoms with E-state index in [0.29, 0.717) is 6.07 Å². The van der Waals surface area contributed by atoms with E-state index in [9.17, 15) is 17.6 Å². The van der Waals surface area contributed by atoms with Crippen LogP contribution in [0.15, 0.2) is 23.2 Å². The van der Waals surface area contributed by atoms with E-state index in [2.05, 4.69) is 4.99 Å². The topological polar surface area (TPSA) is 38.4 Å². The van der Waals surface area contributed by atoms with Gasteiger partial charge in [-0.2, -0.15) is 13.2 Å². The zero-order chi connectivity index (χ0) is 14.1. The van der Waals surface area contributed by atoms with Gasteiger partial charge < -0.3 is 5.73 Å². The summed E-state index contributed by atoms with van der Waals surface area (Å²) in [6.07, 6.45) is -4.74. The van der Waals surface area contributed by atoms with E-state index in [-0.39, 0.29) is 11.5 Å². The summed E-state index contributed by atoms with van der Waals surface area (Å²) in [5.74, 6) is -1.14. The fraction of sp³-hybridized carbons (Fsp3) is 0.417. The number of rotatable bonds is 1. The van der Waals surface area contributed by atoms with E-state index in [1.54, 1.807) is 20.8 Å². The second kappa shape index (κ2) is 4.59. The molecule has 1 rings (SSSR count). The first-order valence-electron chi connectivity index (χ1n) is 5.23. The molecule has 0 amide bonds. The van der Waals surface area contributed by atoms with Crippen molar-refractivity contribution in [3.63, 3.8) is 0 Å². The summed E-state index contributed by atoms with van der Waals surface area (Å²) in [6, 6.07) is 2.54. The second-order valence-electron chi connectivity index (χ2n) is 4.91. The number of aliphatic imine (C=N–C) groups is 1. The highest BCUT2D eigenvalue weighted by atomic mass is 19.4. The van der Waals surface area contributed by atoms with Gasteiger partial charge in [-0.3, -0.25) is 0 Å². The van der Waals surface area contributed by atoms with Crippen molar-refractivity contribution in [3.05, 3.63) is 29.6 Å². The van der Waals surface area contributed by atoms with Crippen molar-refractivity contribution in [3.8, 4) is 0 Å². The van der Waals surface area contributed by atoms with Crippen LogP contribution in [0.3, 0.4) is 0 Å². The third-order valence-electron chi connectivity index (χ3n) is 2.27. The lowest BCUT2D eigenvalue weighted by atomic mass is 9.95. The molecule has 0 saturated heterocycles. The third-order valence-corrected chi connectivity index (χ3v) is 2.27. The van der Waals surface area contributed by atoms with Crippen LogP contribution in [0.5, 0.6) is 0 Å². The van der Waals surface area contributed by atoms with Gasteiger partial charge in [0.2, 0.25) is 0 Å². The molecule has 0 bridgehead atoms. The van der Waals surface area contributed by atoms with Crippen molar-refractivity contribution >= 4 is 11.5 Å². The standard InChI is InChI=1S/C12H14F4N2/c1-11(2,3)10(17)18-7-4-5-9(13)8(6-7)12(14,15)16/h4-6H,1-3H3,(H2,17,18). The van der Waals surface area contributed by atoms with Gasteiger partial charge >= 0.3 is 6.18 Å². The van der Waals surface area contributed by atoms with Crippen LogP contribution >= 0.6 is 0 Å². The molecule has 2 N–H and O–H groups in total. The molecule has 0 spiro atoms. The van der Waals surface area contributed by atoms with Crippen LogP contribution in [-0.4, -0.2) is 5.84 Å². The van der Waals surface area contributed by atoms with E-state index in [1.807, 2.05) is 0 Å². The maximum Gasteiger partial charge on any atom is 0.419 e.